The number of alkyl halides is 8. The first-order chi connectivity index (χ1) is 59.5. The number of sulfonamides is 2. The fourth-order valence-electron chi connectivity index (χ4n) is 16.7. The first kappa shape index (κ1) is 85.2. The Kier molecular flexibility index (Phi) is 21.2. The molecule has 0 radical (unpaired) electrons. The van der Waals surface area contributed by atoms with Crippen LogP contribution < -0.4 is 36.1 Å². The summed E-state index contributed by atoms with van der Waals surface area (Å²) in [5, 5.41) is 30.4. The highest BCUT2D eigenvalue weighted by molar-refractivity contribution is 7.92. The molecule has 126 heavy (non-hydrogen) atoms. The van der Waals surface area contributed by atoms with E-state index in [-0.39, 0.29) is 135 Å². The summed E-state index contributed by atoms with van der Waals surface area (Å²) in [7, 11) is -5.13. The summed E-state index contributed by atoms with van der Waals surface area (Å²) >= 11 is 13.2. The molecule has 0 aliphatic heterocycles. The number of halogens is 16. The molecule has 2 saturated carbocycles. The minimum absolute atomic E-state index is 0.00741. The Bertz CT molecular complexity index is 7320. The summed E-state index contributed by atoms with van der Waals surface area (Å²) in [5.41, 5.74) is -7.49. The first-order valence-corrected chi connectivity index (χ1v) is 42.1. The van der Waals surface area contributed by atoms with Crippen LogP contribution in [0.5, 0.6) is 5.88 Å². The van der Waals surface area contributed by atoms with E-state index in [2.05, 4.69) is 60.3 Å². The third-order valence-electron chi connectivity index (χ3n) is 21.8. The molecule has 0 bridgehead atoms. The molecule has 2 amide bonds. The maximum Gasteiger partial charge on any atom is 0.293 e. The summed E-state index contributed by atoms with van der Waals surface area (Å²) < 4.78 is 267. The average Bonchev–Trinajstić information content (AvgIpc) is 1.52. The van der Waals surface area contributed by atoms with Gasteiger partial charge in [0.1, 0.15) is 82.4 Å². The van der Waals surface area contributed by atoms with Crippen molar-refractivity contribution in [2.24, 2.45) is 25.9 Å². The minimum atomic E-state index is -3.99. The maximum atomic E-state index is 15.5. The van der Waals surface area contributed by atoms with Crippen molar-refractivity contribution in [2.45, 2.75) is 87.4 Å². The smallest absolute Gasteiger partial charge is 0.293 e. The minimum Gasteiger partial charge on any atom is -0.344 e. The highest BCUT2D eigenvalue weighted by atomic mass is 35.5. The Balaban J connectivity index is 0.000000178. The van der Waals surface area contributed by atoms with E-state index in [0.29, 0.717) is 21.5 Å². The fourth-order valence-corrected chi connectivity index (χ4v) is 18.2. The van der Waals surface area contributed by atoms with Crippen LogP contribution in [-0.4, -0.2) is 115 Å². The molecule has 0 unspecified atom stereocenters. The van der Waals surface area contributed by atoms with Crippen molar-refractivity contribution in [3.8, 4) is 39.6 Å². The van der Waals surface area contributed by atoms with Crippen LogP contribution >= 0.6 is 23.2 Å². The monoisotopic (exact) mass is 1830 g/mol. The lowest BCUT2D eigenvalue weighted by molar-refractivity contribution is -0.140. The number of amides is 2. The molecule has 8 aromatic heterocycles. The summed E-state index contributed by atoms with van der Waals surface area (Å²) in [6.45, 7) is -2.10. The van der Waals surface area contributed by atoms with Crippen LogP contribution in [0, 0.1) is 46.7 Å². The van der Waals surface area contributed by atoms with Crippen LogP contribution in [-0.2, 0) is 81.5 Å². The molecule has 6 aromatic carbocycles. The number of hydrogen-bond acceptors (Lipinski definition) is 18. The lowest BCUT2D eigenvalue weighted by atomic mass is 10.0. The number of aromatic nitrogens is 14. The lowest BCUT2D eigenvalue weighted by Gasteiger charge is -2.24. The SMILES string of the molecule is Cn1nc(NS(C)(=O)=O)c2c(Cl)ccc(-n3c([C@H](Cc4cc(F)cc(F)c4)NC(=O)Cn4nc(C(F)F)c5c4C(F)(F)[C@@H]4C[C@H]54)nc4nc(-c5ccccc5F)ccc4c3=O)c21.Cn1nc(NS(C)(=O)=O)c2c(Cl)ccc(-n3c([C@H](Cc4cc(F)cc(F)c4)NC(=O)Cn4nc(C(F)F)c5c4C(F)(F)[C@@H]4C[C@H]54)nc4nc(OO)c(-c5ccccc5F)cc4c3=O)c21. The van der Waals surface area contributed by atoms with Crippen molar-refractivity contribution in [3.63, 3.8) is 0 Å². The van der Waals surface area contributed by atoms with E-state index in [1.165, 1.54) is 91.6 Å². The quantitative estimate of drug-likeness (QED) is 0.0226. The molecule has 8 heterocycles. The van der Waals surface area contributed by atoms with E-state index in [1.54, 1.807) is 6.07 Å². The van der Waals surface area contributed by atoms with Gasteiger partial charge in [0.2, 0.25) is 31.9 Å². The second-order valence-corrected chi connectivity index (χ2v) is 34.7. The first-order valence-electron chi connectivity index (χ1n) is 37.6. The van der Waals surface area contributed by atoms with Gasteiger partial charge in [-0.2, -0.15) is 42.9 Å². The third-order valence-corrected chi connectivity index (χ3v) is 23.6. The molecule has 0 spiro atoms. The second-order valence-electron chi connectivity index (χ2n) is 30.4. The molecule has 652 valence electrons. The fraction of sp³-hybridized carbons (Fsp3) is 0.250. The van der Waals surface area contributed by atoms with Gasteiger partial charge in [-0.05, 0) is 121 Å². The number of nitrogens with one attached hydrogen (secondary N) is 4. The van der Waals surface area contributed by atoms with Crippen LogP contribution in [0.15, 0.2) is 137 Å². The van der Waals surface area contributed by atoms with Gasteiger partial charge < -0.3 is 15.5 Å². The van der Waals surface area contributed by atoms with Crippen molar-refractivity contribution in [1.29, 1.82) is 0 Å². The third kappa shape index (κ3) is 15.3. The summed E-state index contributed by atoms with van der Waals surface area (Å²) in [6, 6.07) is 21.4. The van der Waals surface area contributed by atoms with Gasteiger partial charge >= 0.3 is 0 Å². The number of nitrogens with zero attached hydrogens (tertiary/aromatic N) is 14. The Morgan fingerprint density at radius 3 is 1.36 bits per heavy atom. The Morgan fingerprint density at radius 2 is 0.944 bits per heavy atom. The number of pyridine rings is 2. The molecule has 6 atom stereocenters. The van der Waals surface area contributed by atoms with Gasteiger partial charge in [-0.25, -0.2) is 80.9 Å². The largest absolute Gasteiger partial charge is 0.344 e. The lowest BCUT2D eigenvalue weighted by Crippen LogP contribution is -2.38. The van der Waals surface area contributed by atoms with Crippen molar-refractivity contribution in [2.75, 3.05) is 22.0 Å². The Hall–Kier alpha value is -12.9. The van der Waals surface area contributed by atoms with Gasteiger partial charge in [-0.15, -0.1) is 0 Å². The van der Waals surface area contributed by atoms with Crippen LogP contribution in [0.1, 0.15) is 106 Å². The summed E-state index contributed by atoms with van der Waals surface area (Å²) in [4.78, 5) is 80.7. The molecule has 4 aliphatic carbocycles. The number of carbonyl (C=O) groups excluding carboxylic acids is 2. The zero-order chi connectivity index (χ0) is 89.9. The van der Waals surface area contributed by atoms with Crippen molar-refractivity contribution in [1.82, 2.24) is 78.8 Å². The molecule has 18 rings (SSSR count). The van der Waals surface area contributed by atoms with Crippen molar-refractivity contribution >= 4 is 111 Å². The van der Waals surface area contributed by atoms with Crippen molar-refractivity contribution in [3.05, 3.63) is 250 Å². The molecular formula is C80H58Cl2F14N18O10S2. The predicted molar refractivity (Wildman–Crippen MR) is 426 cm³/mol. The number of hydrogen-bond donors (Lipinski definition) is 5. The van der Waals surface area contributed by atoms with E-state index >= 15 is 31.1 Å². The molecular weight excluding hydrogens is 1770 g/mol. The number of benzene rings is 6. The van der Waals surface area contributed by atoms with E-state index in [1.807, 2.05) is 0 Å². The van der Waals surface area contributed by atoms with E-state index in [9.17, 15) is 71.6 Å². The number of fused-ring (bicyclic) bond motifs is 10. The molecule has 46 heteroatoms. The van der Waals surface area contributed by atoms with Crippen LogP contribution in [0.25, 0.3) is 77.6 Å². The summed E-state index contributed by atoms with van der Waals surface area (Å²) in [5.74, 6) is -21.3. The van der Waals surface area contributed by atoms with Crippen molar-refractivity contribution < 1.29 is 98.0 Å². The van der Waals surface area contributed by atoms with Crippen LogP contribution in [0.2, 0.25) is 10.0 Å². The van der Waals surface area contributed by atoms with Gasteiger partial charge in [0.25, 0.3) is 41.7 Å². The molecule has 4 aliphatic rings. The normalized spacial score (nSPS) is 17.0. The average molecular weight is 1830 g/mol. The number of carbonyl (C=O) groups is 2. The molecule has 5 N–H and O–H groups in total. The standard InChI is InChI=1S/C40H29ClF7N9O6S.C40H29ClF7N9O4S/c1-55-32-27(8-7-24(41)30(32)36(53-55)54-64(2,61)62)57-37(50-35-22(39(57)59)13-20(38(51-35)63-60)19-5-3-4-6-25(19)44)26(11-16-9-17(42)12-18(43)10-16)49-28(58)15-56-33-29(31(52-56)34(45)46)21-14-23(21)40(33,47)48;1-55-33-28(10-8-24(41)31(33)37(53-55)54-62(2,60)61)57-38(51-36-21(39(57)59)7-9-26(50-36)20-5-3-4-6-25(20)44)27(13-17-11-18(42)14-19(43)12-17)49-29(58)16-56-34-30(32(52-56)35(45)46)22-15-23(22)40(34,47)48/h3-10,12-13,21,23,26,34,60H,11,14-15H2,1-2H3,(H,49,58)(H,53,54);3-12,14,22-23,27,35H,13,15-16H2,1-2H3,(H,49,58)(H,53,54)/t21-,23+,26-;22-,23+,27-/m00/s1. The van der Waals surface area contributed by atoms with Gasteiger partial charge in [-0.3, -0.25) is 56.5 Å². The van der Waals surface area contributed by atoms with Gasteiger partial charge in [0.15, 0.2) is 22.9 Å². The van der Waals surface area contributed by atoms with Gasteiger partial charge in [0.05, 0.1) is 89.9 Å². The molecule has 28 nitrogen and oxygen atoms in total. The van der Waals surface area contributed by atoms with Crippen LogP contribution in [0.3, 0.4) is 0 Å². The molecule has 2 fully saturated rings. The highest BCUT2D eigenvalue weighted by Gasteiger charge is 2.68. The molecule has 14 aromatic rings. The number of anilines is 2. The molecule has 0 saturated heterocycles. The highest BCUT2D eigenvalue weighted by Crippen LogP contribution is 2.69. The second kappa shape index (κ2) is 31.3. The van der Waals surface area contributed by atoms with E-state index in [4.69, 9.17) is 28.2 Å². The predicted octanol–water partition coefficient (Wildman–Crippen LogP) is 14.3. The maximum absolute atomic E-state index is 15.5. The topological polar surface area (TPSA) is 347 Å². The number of rotatable bonds is 23. The van der Waals surface area contributed by atoms with Crippen LogP contribution in [0.4, 0.5) is 73.1 Å². The zero-order valence-corrected chi connectivity index (χ0v) is 67.9. The van der Waals surface area contributed by atoms with E-state index in [0.717, 1.165) is 62.7 Å². The van der Waals surface area contributed by atoms with Gasteiger partial charge in [-0.1, -0.05) is 53.5 Å². The summed E-state index contributed by atoms with van der Waals surface area (Å²) in [6.07, 6.45) is -5.96. The Morgan fingerprint density at radius 1 is 0.532 bits per heavy atom. The Labute approximate surface area is 708 Å². The zero-order valence-electron chi connectivity index (χ0n) is 64.7. The number of aryl methyl sites for hydroxylation is 2. The van der Waals surface area contributed by atoms with E-state index < -0.39 is 204 Å². The van der Waals surface area contributed by atoms with Gasteiger partial charge in [0, 0.05) is 73.2 Å².